The van der Waals surface area contributed by atoms with Crippen molar-refractivity contribution in [2.24, 2.45) is 5.84 Å². The highest BCUT2D eigenvalue weighted by Crippen LogP contribution is 2.22. The normalized spacial score (nSPS) is 13.2. The number of aromatic amines is 1. The van der Waals surface area contributed by atoms with E-state index in [4.69, 9.17) is 17.4 Å². The Kier molecular flexibility index (Phi) is 4.23. The number of anilines is 1. The van der Waals surface area contributed by atoms with E-state index in [0.717, 1.165) is 6.20 Å². The summed E-state index contributed by atoms with van der Waals surface area (Å²) in [5, 5.41) is 0.112. The molecule has 2 aromatic heterocycles. The first kappa shape index (κ1) is 14.7. The minimum Gasteiger partial charge on any atom is -0.347 e. The topological polar surface area (TPSA) is 126 Å². The third-order valence-electron chi connectivity index (χ3n) is 2.52. The van der Waals surface area contributed by atoms with Gasteiger partial charge >= 0.3 is 0 Å². The first-order valence-corrected chi connectivity index (χ1v) is 7.44. The molecule has 2 heterocycles. The van der Waals surface area contributed by atoms with Crippen molar-refractivity contribution >= 4 is 27.4 Å². The Labute approximate surface area is 120 Å². The number of hydrogen-bond donors (Lipinski definition) is 4. The lowest BCUT2D eigenvalue weighted by Crippen LogP contribution is -2.27. The second kappa shape index (κ2) is 5.75. The van der Waals surface area contributed by atoms with Crippen LogP contribution >= 0.6 is 11.6 Å². The molecule has 20 heavy (non-hydrogen) atoms. The third kappa shape index (κ3) is 3.07. The fourth-order valence-electron chi connectivity index (χ4n) is 1.54. The molecule has 2 rings (SSSR count). The minimum absolute atomic E-state index is 0.0556. The molecule has 0 bridgehead atoms. The van der Waals surface area contributed by atoms with Crippen molar-refractivity contribution in [3.05, 3.63) is 35.5 Å². The maximum absolute atomic E-state index is 12.2. The van der Waals surface area contributed by atoms with Crippen LogP contribution in [0.15, 0.2) is 29.6 Å². The zero-order valence-electron chi connectivity index (χ0n) is 10.5. The van der Waals surface area contributed by atoms with Crippen LogP contribution in [0.4, 0.5) is 5.82 Å². The van der Waals surface area contributed by atoms with Gasteiger partial charge in [-0.3, -0.25) is 0 Å². The molecular formula is C10H13ClN6O2S. The number of hydrazine groups is 1. The fraction of sp³-hybridized carbons (Fsp3) is 0.200. The number of nitrogens with one attached hydrogen (secondary N) is 3. The Hall–Kier alpha value is -1.68. The Morgan fingerprint density at radius 1 is 1.45 bits per heavy atom. The van der Waals surface area contributed by atoms with Crippen molar-refractivity contribution < 1.29 is 8.42 Å². The van der Waals surface area contributed by atoms with Crippen molar-refractivity contribution in [2.45, 2.75) is 17.9 Å². The number of aromatic nitrogens is 3. The second-order valence-electron chi connectivity index (χ2n) is 3.96. The van der Waals surface area contributed by atoms with Crippen LogP contribution in [-0.2, 0) is 10.0 Å². The smallest absolute Gasteiger partial charge is 0.242 e. The zero-order chi connectivity index (χ0) is 14.8. The quantitative estimate of drug-likeness (QED) is 0.477. The van der Waals surface area contributed by atoms with Gasteiger partial charge in [0.25, 0.3) is 0 Å². The van der Waals surface area contributed by atoms with Gasteiger partial charge < -0.3 is 10.4 Å². The van der Waals surface area contributed by atoms with Gasteiger partial charge in [-0.25, -0.2) is 29.0 Å². The molecule has 0 aliphatic heterocycles. The van der Waals surface area contributed by atoms with Crippen molar-refractivity contribution in [1.82, 2.24) is 19.7 Å². The van der Waals surface area contributed by atoms with Gasteiger partial charge in [0.1, 0.15) is 10.7 Å². The highest BCUT2D eigenvalue weighted by molar-refractivity contribution is 7.89. The van der Waals surface area contributed by atoms with E-state index in [9.17, 15) is 8.42 Å². The first-order chi connectivity index (χ1) is 9.44. The molecule has 1 atom stereocenters. The summed E-state index contributed by atoms with van der Waals surface area (Å²) in [7, 11) is -3.76. The van der Waals surface area contributed by atoms with E-state index in [1.807, 2.05) is 0 Å². The monoisotopic (exact) mass is 316 g/mol. The van der Waals surface area contributed by atoms with Crippen LogP contribution in [0, 0.1) is 0 Å². The average molecular weight is 317 g/mol. The molecule has 0 spiro atoms. The Bertz CT molecular complexity index is 688. The highest BCUT2D eigenvalue weighted by atomic mass is 35.5. The number of sulfonamides is 1. The average Bonchev–Trinajstić information content (AvgIpc) is 2.92. The number of rotatable bonds is 5. The van der Waals surface area contributed by atoms with Crippen molar-refractivity contribution in [1.29, 1.82) is 0 Å². The number of imidazole rings is 1. The van der Waals surface area contributed by atoms with Crippen molar-refractivity contribution in [3.63, 3.8) is 0 Å². The number of nitrogen functional groups attached to an aromatic ring is 1. The summed E-state index contributed by atoms with van der Waals surface area (Å²) in [4.78, 5) is 10.6. The first-order valence-electron chi connectivity index (χ1n) is 5.58. The molecule has 10 heteroatoms. The van der Waals surface area contributed by atoms with Crippen LogP contribution in [0.3, 0.4) is 0 Å². The molecule has 0 saturated heterocycles. The molecule has 2 aromatic rings. The fourth-order valence-corrected chi connectivity index (χ4v) is 3.01. The molecule has 5 N–H and O–H groups in total. The van der Waals surface area contributed by atoms with Gasteiger partial charge in [-0.15, -0.1) is 0 Å². The number of hydrogen-bond acceptors (Lipinski definition) is 6. The number of nitrogens with two attached hydrogens (primary N) is 1. The van der Waals surface area contributed by atoms with E-state index in [1.54, 1.807) is 19.3 Å². The maximum atomic E-state index is 12.2. The molecule has 1 unspecified atom stereocenters. The number of H-pyrrole nitrogens is 1. The summed E-state index contributed by atoms with van der Waals surface area (Å²) >= 11 is 5.86. The molecular weight excluding hydrogens is 304 g/mol. The lowest BCUT2D eigenvalue weighted by atomic mass is 10.3. The van der Waals surface area contributed by atoms with Crippen LogP contribution in [0.25, 0.3) is 0 Å². The number of pyridine rings is 1. The summed E-state index contributed by atoms with van der Waals surface area (Å²) in [6.45, 7) is 1.67. The van der Waals surface area contributed by atoms with E-state index in [-0.39, 0.29) is 15.7 Å². The second-order valence-corrected chi connectivity index (χ2v) is 6.08. The zero-order valence-corrected chi connectivity index (χ0v) is 12.0. The van der Waals surface area contributed by atoms with Crippen molar-refractivity contribution in [3.8, 4) is 0 Å². The van der Waals surface area contributed by atoms with Crippen LogP contribution < -0.4 is 16.0 Å². The summed E-state index contributed by atoms with van der Waals surface area (Å²) in [5.41, 5.74) is 2.26. The van der Waals surface area contributed by atoms with Gasteiger partial charge in [-0.2, -0.15) is 0 Å². The molecule has 8 nitrogen and oxygen atoms in total. The van der Waals surface area contributed by atoms with Crippen LogP contribution in [0.2, 0.25) is 5.02 Å². The van der Waals surface area contributed by atoms with E-state index >= 15 is 0 Å². The molecule has 0 saturated carbocycles. The van der Waals surface area contributed by atoms with E-state index in [1.165, 1.54) is 6.07 Å². The molecule has 0 fully saturated rings. The summed E-state index contributed by atoms with van der Waals surface area (Å²) in [6.07, 6.45) is 4.32. The van der Waals surface area contributed by atoms with Gasteiger partial charge in [0.15, 0.2) is 5.82 Å². The van der Waals surface area contributed by atoms with E-state index < -0.39 is 16.1 Å². The van der Waals surface area contributed by atoms with Gasteiger partial charge in [0.2, 0.25) is 10.0 Å². The lowest BCUT2D eigenvalue weighted by molar-refractivity contribution is 0.561. The van der Waals surface area contributed by atoms with Gasteiger partial charge in [0, 0.05) is 18.6 Å². The standard InChI is InChI=1S/C10H13ClN6O2S/c1-6(9-13-2-3-14-9)17-20(18,19)7-4-8(11)10(16-12)15-5-7/h2-6,17H,12H2,1H3,(H,13,14)(H,15,16). The van der Waals surface area contributed by atoms with Gasteiger partial charge in [-0.1, -0.05) is 11.6 Å². The third-order valence-corrected chi connectivity index (χ3v) is 4.32. The van der Waals surface area contributed by atoms with Crippen molar-refractivity contribution in [2.75, 3.05) is 5.43 Å². The Morgan fingerprint density at radius 3 is 2.75 bits per heavy atom. The Morgan fingerprint density at radius 2 is 2.20 bits per heavy atom. The molecule has 108 valence electrons. The van der Waals surface area contributed by atoms with E-state index in [2.05, 4.69) is 25.1 Å². The predicted octanol–water partition coefficient (Wildman–Crippen LogP) is 0.783. The Balaban J connectivity index is 2.24. The minimum atomic E-state index is -3.76. The maximum Gasteiger partial charge on any atom is 0.242 e. The number of nitrogens with zero attached hydrogens (tertiary/aromatic N) is 2. The molecule has 0 radical (unpaired) electrons. The van der Waals surface area contributed by atoms with Crippen LogP contribution in [-0.4, -0.2) is 23.4 Å². The summed E-state index contributed by atoms with van der Waals surface area (Å²) in [6, 6.07) is 0.752. The van der Waals surface area contributed by atoms with Crippen LogP contribution in [0.1, 0.15) is 18.8 Å². The van der Waals surface area contributed by atoms with E-state index in [0.29, 0.717) is 5.82 Å². The summed E-state index contributed by atoms with van der Waals surface area (Å²) in [5.74, 6) is 5.89. The summed E-state index contributed by atoms with van der Waals surface area (Å²) < 4.78 is 26.8. The molecule has 0 aromatic carbocycles. The van der Waals surface area contributed by atoms with Gasteiger partial charge in [0.05, 0.1) is 11.1 Å². The number of halogens is 1. The molecule has 0 amide bonds. The molecule has 0 aliphatic rings. The lowest BCUT2D eigenvalue weighted by Gasteiger charge is -2.12. The highest BCUT2D eigenvalue weighted by Gasteiger charge is 2.21. The largest absolute Gasteiger partial charge is 0.347 e. The SMILES string of the molecule is CC(NS(=O)(=O)c1cnc(NN)c(Cl)c1)c1ncc[nH]1. The van der Waals surface area contributed by atoms with Gasteiger partial charge in [-0.05, 0) is 13.0 Å². The molecule has 0 aliphatic carbocycles. The predicted molar refractivity (Wildman–Crippen MR) is 74.4 cm³/mol. The van der Waals surface area contributed by atoms with Crippen LogP contribution in [0.5, 0.6) is 0 Å².